The van der Waals surface area contributed by atoms with Crippen LogP contribution in [0.1, 0.15) is 24.0 Å². The van der Waals surface area contributed by atoms with Crippen molar-refractivity contribution in [2.75, 3.05) is 7.11 Å². The fraction of sp³-hybridized carbons (Fsp3) is 0.300. The summed E-state index contributed by atoms with van der Waals surface area (Å²) >= 11 is 0. The average Bonchev–Trinajstić information content (AvgIpc) is 3.42. The van der Waals surface area contributed by atoms with Gasteiger partial charge in [-0.1, -0.05) is 6.07 Å². The minimum absolute atomic E-state index is 0.101. The Morgan fingerprint density at radius 2 is 2.23 bits per heavy atom. The maximum absolute atomic E-state index is 13.0. The van der Waals surface area contributed by atoms with Crippen LogP contribution in [0.15, 0.2) is 42.7 Å². The molecule has 1 saturated carbocycles. The lowest BCUT2D eigenvalue weighted by Gasteiger charge is -2.23. The standard InChI is InChI=1S/C20H21N3O3/c1-26-18-9-13(4-7-17(18)24)12-23(15-5-6-15)19(25)10-14-11-22-20-16(14)3-2-8-21-20/h2-4,7-9,11,15,24H,5-6,10,12H2,1H3,(H,21,22). The minimum Gasteiger partial charge on any atom is -0.504 e. The Morgan fingerprint density at radius 1 is 1.38 bits per heavy atom. The number of benzene rings is 1. The number of hydrogen-bond donors (Lipinski definition) is 2. The molecular weight excluding hydrogens is 330 g/mol. The van der Waals surface area contributed by atoms with Crippen molar-refractivity contribution in [3.05, 3.63) is 53.9 Å². The molecule has 26 heavy (non-hydrogen) atoms. The van der Waals surface area contributed by atoms with E-state index in [1.165, 1.54) is 7.11 Å². The number of carbonyl (C=O) groups excluding carboxylic acids is 1. The van der Waals surface area contributed by atoms with Crippen molar-refractivity contribution >= 4 is 16.9 Å². The van der Waals surface area contributed by atoms with Gasteiger partial charge in [0.25, 0.3) is 0 Å². The third kappa shape index (κ3) is 3.22. The largest absolute Gasteiger partial charge is 0.504 e. The third-order valence-corrected chi connectivity index (χ3v) is 4.78. The van der Waals surface area contributed by atoms with Crippen molar-refractivity contribution < 1.29 is 14.6 Å². The van der Waals surface area contributed by atoms with E-state index in [4.69, 9.17) is 4.74 Å². The number of hydrogen-bond acceptors (Lipinski definition) is 4. The normalized spacial score (nSPS) is 13.7. The van der Waals surface area contributed by atoms with Crippen LogP contribution in [0.2, 0.25) is 0 Å². The van der Waals surface area contributed by atoms with Crippen LogP contribution in [-0.4, -0.2) is 39.0 Å². The van der Waals surface area contributed by atoms with E-state index >= 15 is 0 Å². The van der Waals surface area contributed by atoms with E-state index in [1.54, 1.807) is 18.3 Å². The first-order chi connectivity index (χ1) is 12.7. The van der Waals surface area contributed by atoms with Gasteiger partial charge in [0.15, 0.2) is 11.5 Å². The maximum atomic E-state index is 13.0. The van der Waals surface area contributed by atoms with E-state index in [2.05, 4.69) is 9.97 Å². The Hall–Kier alpha value is -3.02. The van der Waals surface area contributed by atoms with Gasteiger partial charge in [-0.05, 0) is 48.2 Å². The molecule has 0 aliphatic heterocycles. The van der Waals surface area contributed by atoms with Gasteiger partial charge in [-0.15, -0.1) is 0 Å². The summed E-state index contributed by atoms with van der Waals surface area (Å²) in [5.41, 5.74) is 2.71. The molecule has 0 bridgehead atoms. The first kappa shape index (κ1) is 16.4. The van der Waals surface area contributed by atoms with Gasteiger partial charge >= 0.3 is 0 Å². The summed E-state index contributed by atoms with van der Waals surface area (Å²) in [5, 5.41) is 10.7. The van der Waals surface area contributed by atoms with Gasteiger partial charge in [-0.2, -0.15) is 0 Å². The Balaban J connectivity index is 1.54. The summed E-state index contributed by atoms with van der Waals surface area (Å²) in [6.45, 7) is 0.515. The highest BCUT2D eigenvalue weighted by atomic mass is 16.5. The predicted octanol–water partition coefficient (Wildman–Crippen LogP) is 3.01. The van der Waals surface area contributed by atoms with Crippen LogP contribution >= 0.6 is 0 Å². The van der Waals surface area contributed by atoms with Crippen LogP contribution in [0.4, 0.5) is 0 Å². The molecule has 0 radical (unpaired) electrons. The molecule has 1 amide bonds. The molecule has 0 saturated heterocycles. The number of methoxy groups -OCH3 is 1. The van der Waals surface area contributed by atoms with Crippen molar-refractivity contribution in [2.24, 2.45) is 0 Å². The van der Waals surface area contributed by atoms with Crippen molar-refractivity contribution in [1.29, 1.82) is 0 Å². The highest BCUT2D eigenvalue weighted by Crippen LogP contribution is 2.32. The Kier molecular flexibility index (Phi) is 4.24. The summed E-state index contributed by atoms with van der Waals surface area (Å²) < 4.78 is 5.17. The van der Waals surface area contributed by atoms with E-state index < -0.39 is 0 Å². The fourth-order valence-electron chi connectivity index (χ4n) is 3.25. The number of rotatable bonds is 6. The van der Waals surface area contributed by atoms with Gasteiger partial charge in [0.1, 0.15) is 5.65 Å². The molecule has 1 aliphatic rings. The number of pyridine rings is 1. The molecule has 1 aliphatic carbocycles. The molecule has 6 heteroatoms. The van der Waals surface area contributed by atoms with Crippen molar-refractivity contribution in [2.45, 2.75) is 31.8 Å². The first-order valence-corrected chi connectivity index (χ1v) is 8.72. The lowest BCUT2D eigenvalue weighted by Crippen LogP contribution is -2.33. The lowest BCUT2D eigenvalue weighted by atomic mass is 10.1. The molecule has 1 fully saturated rings. The van der Waals surface area contributed by atoms with Crippen LogP contribution in [0, 0.1) is 0 Å². The van der Waals surface area contributed by atoms with Gasteiger partial charge in [0.05, 0.1) is 13.5 Å². The molecule has 2 N–H and O–H groups in total. The molecule has 2 aromatic heterocycles. The number of phenols is 1. The predicted molar refractivity (Wildman–Crippen MR) is 98.0 cm³/mol. The Bertz CT molecular complexity index is 946. The summed E-state index contributed by atoms with van der Waals surface area (Å²) in [4.78, 5) is 22.3. The van der Waals surface area contributed by atoms with Crippen LogP contribution in [-0.2, 0) is 17.8 Å². The highest BCUT2D eigenvalue weighted by molar-refractivity contribution is 5.87. The molecule has 6 nitrogen and oxygen atoms in total. The zero-order valence-corrected chi connectivity index (χ0v) is 14.6. The lowest BCUT2D eigenvalue weighted by molar-refractivity contribution is -0.131. The monoisotopic (exact) mass is 351 g/mol. The number of phenolic OH excluding ortho intramolecular Hbond substituents is 1. The zero-order chi connectivity index (χ0) is 18.1. The second-order valence-electron chi connectivity index (χ2n) is 6.65. The van der Waals surface area contributed by atoms with Crippen molar-refractivity contribution in [1.82, 2.24) is 14.9 Å². The van der Waals surface area contributed by atoms with Crippen LogP contribution in [0.25, 0.3) is 11.0 Å². The number of carbonyl (C=O) groups is 1. The fourth-order valence-corrected chi connectivity index (χ4v) is 3.25. The summed E-state index contributed by atoms with van der Waals surface area (Å²) in [7, 11) is 1.52. The molecule has 0 atom stereocenters. The summed E-state index contributed by atoms with van der Waals surface area (Å²) in [6.07, 6.45) is 6.02. The number of aromatic nitrogens is 2. The second-order valence-corrected chi connectivity index (χ2v) is 6.65. The molecule has 0 unspecified atom stereocenters. The topological polar surface area (TPSA) is 78.5 Å². The molecule has 2 heterocycles. The molecular formula is C20H21N3O3. The highest BCUT2D eigenvalue weighted by Gasteiger charge is 2.32. The van der Waals surface area contributed by atoms with Gasteiger partial charge in [0, 0.05) is 30.4 Å². The maximum Gasteiger partial charge on any atom is 0.227 e. The van der Waals surface area contributed by atoms with Crippen LogP contribution in [0.3, 0.4) is 0 Å². The number of H-pyrrole nitrogens is 1. The van der Waals surface area contributed by atoms with E-state index in [0.29, 0.717) is 24.8 Å². The smallest absolute Gasteiger partial charge is 0.227 e. The summed E-state index contributed by atoms with van der Waals surface area (Å²) in [5.74, 6) is 0.629. The molecule has 134 valence electrons. The quantitative estimate of drug-likeness (QED) is 0.716. The van der Waals surface area contributed by atoms with Crippen LogP contribution < -0.4 is 4.74 Å². The third-order valence-electron chi connectivity index (χ3n) is 4.78. The van der Waals surface area contributed by atoms with Gasteiger partial charge in [-0.25, -0.2) is 4.98 Å². The molecule has 3 aromatic rings. The zero-order valence-electron chi connectivity index (χ0n) is 14.6. The number of aromatic amines is 1. The van der Waals surface area contributed by atoms with E-state index in [0.717, 1.165) is 35.0 Å². The van der Waals surface area contributed by atoms with E-state index in [9.17, 15) is 9.90 Å². The number of fused-ring (bicyclic) bond motifs is 1. The van der Waals surface area contributed by atoms with Gasteiger partial charge in [0.2, 0.25) is 5.91 Å². The number of ether oxygens (including phenoxy) is 1. The van der Waals surface area contributed by atoms with Crippen LogP contribution in [0.5, 0.6) is 11.5 Å². The van der Waals surface area contributed by atoms with E-state index in [-0.39, 0.29) is 11.7 Å². The molecule has 0 spiro atoms. The number of nitrogens with one attached hydrogen (secondary N) is 1. The SMILES string of the molecule is COc1cc(CN(C(=O)Cc2c[nH]c3ncccc23)C2CC2)ccc1O. The average molecular weight is 351 g/mol. The number of amides is 1. The first-order valence-electron chi connectivity index (χ1n) is 8.72. The number of aromatic hydroxyl groups is 1. The second kappa shape index (κ2) is 6.71. The van der Waals surface area contributed by atoms with Crippen molar-refractivity contribution in [3.63, 3.8) is 0 Å². The minimum atomic E-state index is 0.101. The Labute approximate surface area is 151 Å². The molecule has 1 aromatic carbocycles. The number of nitrogens with zero attached hydrogens (tertiary/aromatic N) is 2. The molecule has 4 rings (SSSR count). The van der Waals surface area contributed by atoms with Gasteiger partial charge in [-0.3, -0.25) is 4.79 Å². The Morgan fingerprint density at radius 3 is 3.00 bits per heavy atom. The van der Waals surface area contributed by atoms with E-state index in [1.807, 2.05) is 29.3 Å². The van der Waals surface area contributed by atoms with Crippen molar-refractivity contribution in [3.8, 4) is 11.5 Å². The van der Waals surface area contributed by atoms with Gasteiger partial charge < -0.3 is 19.7 Å². The summed E-state index contributed by atoms with van der Waals surface area (Å²) in [6, 6.07) is 9.38.